The Kier molecular flexibility index (Phi) is 5.29. The highest BCUT2D eigenvalue weighted by Crippen LogP contribution is 2.37. The molecule has 1 aliphatic heterocycles. The Morgan fingerprint density at radius 1 is 1.33 bits per heavy atom. The van der Waals surface area contributed by atoms with E-state index in [-0.39, 0.29) is 11.1 Å². The van der Waals surface area contributed by atoms with Gasteiger partial charge in [-0.05, 0) is 59.2 Å². The largest absolute Gasteiger partial charge is 0.300 e. The molecule has 2 aliphatic rings. The van der Waals surface area contributed by atoms with Gasteiger partial charge in [0.1, 0.15) is 5.54 Å². The molecule has 2 atom stereocenters. The zero-order valence-electron chi connectivity index (χ0n) is 14.3. The SMILES string of the molecule is CCNC1(C#N)CCCC1CCN1CCN(C)C(C)(C)C1. The number of rotatable bonds is 5. The molecule has 0 amide bonds. The molecule has 120 valence electrons. The number of nitrogens with one attached hydrogen (secondary N) is 1. The van der Waals surface area contributed by atoms with E-state index in [4.69, 9.17) is 0 Å². The first-order valence-corrected chi connectivity index (χ1v) is 8.53. The van der Waals surface area contributed by atoms with Crippen molar-refractivity contribution < 1.29 is 0 Å². The van der Waals surface area contributed by atoms with Gasteiger partial charge >= 0.3 is 0 Å². The summed E-state index contributed by atoms with van der Waals surface area (Å²) in [5.74, 6) is 0.519. The van der Waals surface area contributed by atoms with Gasteiger partial charge < -0.3 is 4.90 Å². The molecule has 2 rings (SSSR count). The molecule has 1 heterocycles. The molecule has 0 bridgehead atoms. The zero-order chi connectivity index (χ0) is 15.5. The molecular formula is C17H32N4. The summed E-state index contributed by atoms with van der Waals surface area (Å²) in [7, 11) is 2.22. The van der Waals surface area contributed by atoms with Gasteiger partial charge in [-0.15, -0.1) is 0 Å². The monoisotopic (exact) mass is 292 g/mol. The quantitative estimate of drug-likeness (QED) is 0.842. The van der Waals surface area contributed by atoms with E-state index in [9.17, 15) is 5.26 Å². The second kappa shape index (κ2) is 6.64. The third kappa shape index (κ3) is 3.59. The molecule has 1 saturated heterocycles. The molecular weight excluding hydrogens is 260 g/mol. The Morgan fingerprint density at radius 3 is 2.71 bits per heavy atom. The second-order valence-corrected chi connectivity index (χ2v) is 7.50. The molecule has 2 fully saturated rings. The molecule has 0 aromatic carbocycles. The normalized spacial score (nSPS) is 34.0. The van der Waals surface area contributed by atoms with Crippen molar-refractivity contribution in [1.29, 1.82) is 5.26 Å². The fourth-order valence-corrected chi connectivity index (χ4v) is 4.07. The van der Waals surface area contributed by atoms with Gasteiger partial charge in [0.05, 0.1) is 6.07 Å². The Labute approximate surface area is 130 Å². The van der Waals surface area contributed by atoms with Gasteiger partial charge in [0, 0.05) is 25.2 Å². The van der Waals surface area contributed by atoms with Gasteiger partial charge in [-0.1, -0.05) is 13.3 Å². The van der Waals surface area contributed by atoms with Crippen molar-refractivity contribution in [2.24, 2.45) is 5.92 Å². The summed E-state index contributed by atoms with van der Waals surface area (Å²) in [6.45, 7) is 12.2. The number of hydrogen-bond acceptors (Lipinski definition) is 4. The number of nitriles is 1. The third-order valence-corrected chi connectivity index (χ3v) is 5.70. The Hall–Kier alpha value is -0.630. The van der Waals surface area contributed by atoms with Crippen molar-refractivity contribution >= 4 is 0 Å². The maximum Gasteiger partial charge on any atom is 0.109 e. The predicted molar refractivity (Wildman–Crippen MR) is 87.1 cm³/mol. The van der Waals surface area contributed by atoms with Gasteiger partial charge in [-0.2, -0.15) is 5.26 Å². The summed E-state index contributed by atoms with van der Waals surface area (Å²) in [5.41, 5.74) is 0.0127. The Morgan fingerprint density at radius 2 is 2.10 bits per heavy atom. The van der Waals surface area contributed by atoms with Gasteiger partial charge in [-0.3, -0.25) is 10.2 Å². The van der Waals surface area contributed by atoms with Crippen molar-refractivity contribution in [3.8, 4) is 6.07 Å². The van der Waals surface area contributed by atoms with Crippen molar-refractivity contribution in [3.05, 3.63) is 0 Å². The van der Waals surface area contributed by atoms with Crippen LogP contribution < -0.4 is 5.32 Å². The summed E-state index contributed by atoms with van der Waals surface area (Å²) in [6.07, 6.45) is 4.58. The van der Waals surface area contributed by atoms with Crippen LogP contribution in [0, 0.1) is 17.2 Å². The lowest BCUT2D eigenvalue weighted by Gasteiger charge is -2.45. The van der Waals surface area contributed by atoms with Crippen LogP contribution in [0.1, 0.15) is 46.5 Å². The summed E-state index contributed by atoms with van der Waals surface area (Å²) in [4.78, 5) is 5.05. The van der Waals surface area contributed by atoms with Crippen LogP contribution in [0.5, 0.6) is 0 Å². The zero-order valence-corrected chi connectivity index (χ0v) is 14.3. The molecule has 0 aromatic heterocycles. The molecule has 0 spiro atoms. The van der Waals surface area contributed by atoms with Crippen LogP contribution >= 0.6 is 0 Å². The van der Waals surface area contributed by atoms with E-state index >= 15 is 0 Å². The van der Waals surface area contributed by atoms with Crippen molar-refractivity contribution in [2.75, 3.05) is 39.8 Å². The van der Waals surface area contributed by atoms with E-state index in [1.54, 1.807) is 0 Å². The number of likely N-dealkylation sites (N-methyl/N-ethyl adjacent to an activating group) is 1. The van der Waals surface area contributed by atoms with Crippen LogP contribution in [0.25, 0.3) is 0 Å². The maximum absolute atomic E-state index is 9.64. The fourth-order valence-electron chi connectivity index (χ4n) is 4.07. The first-order chi connectivity index (χ1) is 9.93. The van der Waals surface area contributed by atoms with Crippen LogP contribution in [0.15, 0.2) is 0 Å². The summed E-state index contributed by atoms with van der Waals surface area (Å²) < 4.78 is 0. The molecule has 1 aliphatic carbocycles. The van der Waals surface area contributed by atoms with Crippen molar-refractivity contribution in [2.45, 2.75) is 57.5 Å². The average Bonchev–Trinajstić information content (AvgIpc) is 2.84. The molecule has 4 heteroatoms. The van der Waals surface area contributed by atoms with Gasteiger partial charge in [0.25, 0.3) is 0 Å². The highest BCUT2D eigenvalue weighted by atomic mass is 15.3. The standard InChI is InChI=1S/C17H32N4/c1-5-19-17(13-18)9-6-7-15(17)8-10-21-12-11-20(4)16(2,3)14-21/h15,19H,5-12,14H2,1-4H3. The fraction of sp³-hybridized carbons (Fsp3) is 0.941. The summed E-state index contributed by atoms with van der Waals surface area (Å²) in [5, 5.41) is 13.1. The van der Waals surface area contributed by atoms with E-state index in [0.29, 0.717) is 5.92 Å². The molecule has 0 radical (unpaired) electrons. The van der Waals surface area contributed by atoms with Crippen molar-refractivity contribution in [3.63, 3.8) is 0 Å². The second-order valence-electron chi connectivity index (χ2n) is 7.50. The molecule has 21 heavy (non-hydrogen) atoms. The first kappa shape index (κ1) is 16.7. The Balaban J connectivity index is 1.89. The van der Waals surface area contributed by atoms with E-state index in [1.165, 1.54) is 12.8 Å². The number of hydrogen-bond donors (Lipinski definition) is 1. The lowest BCUT2D eigenvalue weighted by atomic mass is 9.85. The predicted octanol–water partition coefficient (Wildman–Crippen LogP) is 2.07. The smallest absolute Gasteiger partial charge is 0.109 e. The summed E-state index contributed by atoms with van der Waals surface area (Å²) >= 11 is 0. The minimum absolute atomic E-state index is 0.253. The van der Waals surface area contributed by atoms with Crippen LogP contribution in [-0.4, -0.2) is 60.6 Å². The van der Waals surface area contributed by atoms with E-state index < -0.39 is 0 Å². The van der Waals surface area contributed by atoms with E-state index in [0.717, 1.165) is 45.6 Å². The molecule has 1 N–H and O–H groups in total. The van der Waals surface area contributed by atoms with E-state index in [1.807, 2.05) is 0 Å². The number of nitrogens with zero attached hydrogens (tertiary/aromatic N) is 3. The van der Waals surface area contributed by atoms with Crippen LogP contribution in [0.4, 0.5) is 0 Å². The van der Waals surface area contributed by atoms with Crippen molar-refractivity contribution in [1.82, 2.24) is 15.1 Å². The minimum atomic E-state index is -0.253. The van der Waals surface area contributed by atoms with Gasteiger partial charge in [0.15, 0.2) is 0 Å². The maximum atomic E-state index is 9.64. The number of piperazine rings is 1. The molecule has 0 aromatic rings. The summed E-state index contributed by atoms with van der Waals surface area (Å²) in [6, 6.07) is 2.60. The third-order valence-electron chi connectivity index (χ3n) is 5.70. The minimum Gasteiger partial charge on any atom is -0.300 e. The Bertz CT molecular complexity index is 387. The van der Waals surface area contributed by atoms with E-state index in [2.05, 4.69) is 49.0 Å². The lowest BCUT2D eigenvalue weighted by molar-refractivity contribution is 0.0361. The highest BCUT2D eigenvalue weighted by molar-refractivity contribution is 5.14. The van der Waals surface area contributed by atoms with Gasteiger partial charge in [0.2, 0.25) is 0 Å². The molecule has 4 nitrogen and oxygen atoms in total. The average molecular weight is 292 g/mol. The highest BCUT2D eigenvalue weighted by Gasteiger charge is 2.42. The molecule has 1 saturated carbocycles. The van der Waals surface area contributed by atoms with Crippen LogP contribution in [0.3, 0.4) is 0 Å². The molecule has 2 unspecified atom stereocenters. The van der Waals surface area contributed by atoms with Crippen LogP contribution in [0.2, 0.25) is 0 Å². The van der Waals surface area contributed by atoms with Crippen LogP contribution in [-0.2, 0) is 0 Å². The first-order valence-electron chi connectivity index (χ1n) is 8.53. The lowest BCUT2D eigenvalue weighted by Crippen LogP contribution is -2.58. The van der Waals surface area contributed by atoms with Gasteiger partial charge in [-0.25, -0.2) is 0 Å². The topological polar surface area (TPSA) is 42.3 Å².